The van der Waals surface area contributed by atoms with Crippen LogP contribution in [0.2, 0.25) is 5.28 Å². The third-order valence-electron chi connectivity index (χ3n) is 4.78. The minimum absolute atomic E-state index is 0.0483. The summed E-state index contributed by atoms with van der Waals surface area (Å²) in [4.78, 5) is 7.51. The molecule has 10 heteroatoms. The first-order valence-corrected chi connectivity index (χ1v) is 12.0. The maximum atomic E-state index is 14.1. The predicted octanol–water partition coefficient (Wildman–Crippen LogP) is 5.73. The van der Waals surface area contributed by atoms with Crippen molar-refractivity contribution in [1.29, 1.82) is 0 Å². The van der Waals surface area contributed by atoms with Crippen molar-refractivity contribution < 1.29 is 26.1 Å². The Morgan fingerprint density at radius 3 is 2.52 bits per heavy atom. The van der Waals surface area contributed by atoms with Crippen molar-refractivity contribution in [3.63, 3.8) is 0 Å². The molecule has 1 atom stereocenters. The van der Waals surface area contributed by atoms with Crippen LogP contribution in [0.1, 0.15) is 31.7 Å². The average Bonchev–Trinajstić information content (AvgIpc) is 2.76. The Hall–Kier alpha value is -2.62. The number of nitrogens with zero attached hydrogens (tertiary/aromatic N) is 2. The van der Waals surface area contributed by atoms with Gasteiger partial charge in [-0.25, -0.2) is 18.7 Å². The molecular weight excluding hydrogens is 474 g/mol. The van der Waals surface area contributed by atoms with Gasteiger partial charge >= 0.3 is 0 Å². The molecule has 0 spiro atoms. The Bertz CT molecular complexity index is 1210. The molecule has 1 heterocycles. The van der Waals surface area contributed by atoms with Crippen molar-refractivity contribution in [3.05, 3.63) is 71.1 Å². The topological polar surface area (TPSA) is 78.4 Å². The van der Waals surface area contributed by atoms with E-state index in [-0.39, 0.29) is 28.2 Å². The van der Waals surface area contributed by atoms with Crippen LogP contribution in [0.15, 0.2) is 53.6 Å². The smallest absolute Gasteiger partial charge is 0.297 e. The highest BCUT2D eigenvalue weighted by Crippen LogP contribution is 2.28. The second kappa shape index (κ2) is 11.0. The number of halogens is 3. The molecule has 0 aliphatic rings. The molecule has 0 radical (unpaired) electrons. The van der Waals surface area contributed by atoms with Crippen LogP contribution in [0.25, 0.3) is 11.3 Å². The van der Waals surface area contributed by atoms with E-state index in [9.17, 15) is 17.2 Å². The van der Waals surface area contributed by atoms with Crippen LogP contribution < -0.4 is 4.74 Å². The SMILES string of the molecule is Cc1ccc(S(=O)(=O)OC(C)CCCCOc2cc(-c3nc(Cl)ncc3F)ccc2F)cc1. The highest BCUT2D eigenvalue weighted by Gasteiger charge is 2.19. The fraction of sp³-hybridized carbons (Fsp3) is 0.304. The summed E-state index contributed by atoms with van der Waals surface area (Å²) in [7, 11) is -3.84. The number of benzene rings is 2. The first-order valence-electron chi connectivity index (χ1n) is 10.3. The fourth-order valence-corrected chi connectivity index (χ4v) is 4.29. The van der Waals surface area contributed by atoms with E-state index in [4.69, 9.17) is 20.5 Å². The summed E-state index contributed by atoms with van der Waals surface area (Å²) < 4.78 is 63.5. The molecule has 0 amide bonds. The van der Waals surface area contributed by atoms with E-state index in [2.05, 4.69) is 9.97 Å². The van der Waals surface area contributed by atoms with Gasteiger partial charge in [0.25, 0.3) is 10.1 Å². The molecule has 1 unspecified atom stereocenters. The summed E-state index contributed by atoms with van der Waals surface area (Å²) in [6, 6.07) is 10.3. The quantitative estimate of drug-likeness (QED) is 0.203. The first kappa shape index (κ1) is 25.0. The molecule has 6 nitrogen and oxygen atoms in total. The zero-order chi connectivity index (χ0) is 24.0. The molecule has 0 aliphatic heterocycles. The van der Waals surface area contributed by atoms with E-state index in [1.165, 1.54) is 24.3 Å². The monoisotopic (exact) mass is 496 g/mol. The summed E-state index contributed by atoms with van der Waals surface area (Å²) in [5, 5.41) is -0.126. The maximum absolute atomic E-state index is 14.1. The predicted molar refractivity (Wildman–Crippen MR) is 121 cm³/mol. The Morgan fingerprint density at radius 1 is 1.06 bits per heavy atom. The van der Waals surface area contributed by atoms with E-state index < -0.39 is 27.9 Å². The lowest BCUT2D eigenvalue weighted by molar-refractivity contribution is 0.207. The Balaban J connectivity index is 1.50. The average molecular weight is 497 g/mol. The maximum Gasteiger partial charge on any atom is 0.297 e. The van der Waals surface area contributed by atoms with Gasteiger partial charge in [0.1, 0.15) is 5.69 Å². The van der Waals surface area contributed by atoms with Crippen molar-refractivity contribution >= 4 is 21.7 Å². The fourth-order valence-electron chi connectivity index (χ4n) is 3.05. The number of hydrogen-bond donors (Lipinski definition) is 0. The lowest BCUT2D eigenvalue weighted by atomic mass is 10.1. The van der Waals surface area contributed by atoms with Crippen molar-refractivity contribution in [1.82, 2.24) is 9.97 Å². The van der Waals surface area contributed by atoms with Gasteiger partial charge in [-0.3, -0.25) is 4.18 Å². The van der Waals surface area contributed by atoms with Crippen LogP contribution >= 0.6 is 11.6 Å². The van der Waals surface area contributed by atoms with E-state index in [0.717, 1.165) is 17.8 Å². The third-order valence-corrected chi connectivity index (χ3v) is 6.40. The van der Waals surface area contributed by atoms with Crippen LogP contribution in [-0.2, 0) is 14.3 Å². The molecule has 0 N–H and O–H groups in total. The molecular formula is C23H23ClF2N2O4S. The summed E-state index contributed by atoms with van der Waals surface area (Å²) in [5.74, 6) is -1.33. The molecule has 1 aromatic heterocycles. The van der Waals surface area contributed by atoms with Crippen LogP contribution in [0.4, 0.5) is 8.78 Å². The summed E-state index contributed by atoms with van der Waals surface area (Å²) in [6.07, 6.45) is 2.03. The van der Waals surface area contributed by atoms with Gasteiger partial charge in [-0.1, -0.05) is 17.7 Å². The molecule has 0 fully saturated rings. The van der Waals surface area contributed by atoms with Crippen molar-refractivity contribution in [2.45, 2.75) is 44.1 Å². The highest BCUT2D eigenvalue weighted by molar-refractivity contribution is 7.86. The van der Waals surface area contributed by atoms with Gasteiger partial charge in [-0.15, -0.1) is 0 Å². The van der Waals surface area contributed by atoms with Gasteiger partial charge in [0, 0.05) is 5.56 Å². The number of aromatic nitrogens is 2. The second-order valence-electron chi connectivity index (χ2n) is 7.50. The zero-order valence-electron chi connectivity index (χ0n) is 18.1. The Morgan fingerprint density at radius 2 is 1.79 bits per heavy atom. The molecule has 0 bridgehead atoms. The molecule has 0 aliphatic carbocycles. The van der Waals surface area contributed by atoms with Gasteiger partial charge in [-0.05, 0) is 75.0 Å². The highest BCUT2D eigenvalue weighted by atomic mass is 35.5. The van der Waals surface area contributed by atoms with Gasteiger partial charge < -0.3 is 4.74 Å². The minimum Gasteiger partial charge on any atom is -0.490 e. The van der Waals surface area contributed by atoms with Crippen LogP contribution in [0.5, 0.6) is 5.75 Å². The Kier molecular flexibility index (Phi) is 8.34. The minimum atomic E-state index is -3.84. The molecule has 2 aromatic carbocycles. The van der Waals surface area contributed by atoms with E-state index in [1.807, 2.05) is 6.92 Å². The summed E-state index contributed by atoms with van der Waals surface area (Å²) in [5.41, 5.74) is 1.20. The van der Waals surface area contributed by atoms with Crippen LogP contribution in [0, 0.1) is 18.6 Å². The van der Waals surface area contributed by atoms with Crippen molar-refractivity contribution in [2.75, 3.05) is 6.61 Å². The second-order valence-corrected chi connectivity index (χ2v) is 9.41. The molecule has 33 heavy (non-hydrogen) atoms. The lowest BCUT2D eigenvalue weighted by Gasteiger charge is -2.14. The zero-order valence-corrected chi connectivity index (χ0v) is 19.7. The molecule has 0 saturated heterocycles. The number of aryl methyl sites for hydroxylation is 1. The number of hydrogen-bond acceptors (Lipinski definition) is 6. The summed E-state index contributed by atoms with van der Waals surface area (Å²) in [6.45, 7) is 3.73. The molecule has 3 aromatic rings. The lowest BCUT2D eigenvalue weighted by Crippen LogP contribution is -2.16. The van der Waals surface area contributed by atoms with E-state index in [1.54, 1.807) is 19.1 Å². The van der Waals surface area contributed by atoms with Gasteiger partial charge in [0.15, 0.2) is 17.4 Å². The van der Waals surface area contributed by atoms with Crippen molar-refractivity contribution in [3.8, 4) is 17.0 Å². The number of ether oxygens (including phenoxy) is 1. The van der Waals surface area contributed by atoms with E-state index >= 15 is 0 Å². The standard InChI is InChI=1S/C23H23ClF2N2O4S/c1-15-6-9-18(10-7-15)33(29,30)32-16(2)5-3-4-12-31-21-13-17(8-11-19(21)25)22-20(26)14-27-23(24)28-22/h6-11,13-14,16H,3-5,12H2,1-2H3. The normalized spacial score (nSPS) is 12.5. The van der Waals surface area contributed by atoms with Crippen LogP contribution in [-0.4, -0.2) is 31.1 Å². The molecule has 176 valence electrons. The van der Waals surface area contributed by atoms with Crippen molar-refractivity contribution in [2.24, 2.45) is 0 Å². The summed E-state index contributed by atoms with van der Waals surface area (Å²) >= 11 is 5.72. The Labute approximate surface area is 196 Å². The molecule has 3 rings (SSSR count). The van der Waals surface area contributed by atoms with Gasteiger partial charge in [0.2, 0.25) is 5.28 Å². The first-order chi connectivity index (χ1) is 15.7. The van der Waals surface area contributed by atoms with Gasteiger partial charge in [0.05, 0.1) is 23.8 Å². The van der Waals surface area contributed by atoms with Crippen LogP contribution in [0.3, 0.4) is 0 Å². The number of rotatable bonds is 10. The van der Waals surface area contributed by atoms with E-state index in [0.29, 0.717) is 24.8 Å². The van der Waals surface area contributed by atoms with Gasteiger partial charge in [-0.2, -0.15) is 8.42 Å². The largest absolute Gasteiger partial charge is 0.490 e. The number of unbranched alkanes of at least 4 members (excludes halogenated alkanes) is 1. The third kappa shape index (κ3) is 6.93. The molecule has 0 saturated carbocycles.